The summed E-state index contributed by atoms with van der Waals surface area (Å²) >= 11 is 1.79. The van der Waals surface area contributed by atoms with Gasteiger partial charge in [0, 0.05) is 59.8 Å². The first-order valence-electron chi connectivity index (χ1n) is 18.7. The third kappa shape index (κ3) is 5.40. The highest BCUT2D eigenvalue weighted by Crippen LogP contribution is 2.52. The van der Waals surface area contributed by atoms with Gasteiger partial charge in [0.1, 0.15) is 11.2 Å². The van der Waals surface area contributed by atoms with Crippen LogP contribution in [0.25, 0.3) is 110 Å². The van der Waals surface area contributed by atoms with Crippen LogP contribution in [0.15, 0.2) is 192 Å². The zero-order valence-electron chi connectivity index (χ0n) is 30.1. The number of hydrogen-bond acceptors (Lipinski definition) is 5. The Bertz CT molecular complexity index is 3170. The van der Waals surface area contributed by atoms with E-state index in [9.17, 15) is 0 Å². The Balaban J connectivity index is 1.16. The minimum Gasteiger partial charge on any atom is -0.455 e. The third-order valence-corrected chi connectivity index (χ3v) is 11.8. The van der Waals surface area contributed by atoms with Crippen LogP contribution in [0, 0.1) is 0 Å². The van der Waals surface area contributed by atoms with E-state index in [1.54, 1.807) is 11.3 Å². The molecule has 11 rings (SSSR count). The van der Waals surface area contributed by atoms with Crippen LogP contribution in [0.5, 0.6) is 0 Å². The number of benzene rings is 7. The van der Waals surface area contributed by atoms with E-state index in [-0.39, 0.29) is 0 Å². The molecule has 56 heavy (non-hydrogen) atoms. The van der Waals surface area contributed by atoms with Gasteiger partial charge in [-0.05, 0) is 23.8 Å². The van der Waals surface area contributed by atoms with Crippen LogP contribution < -0.4 is 0 Å². The monoisotopic (exact) mass is 733 g/mol. The van der Waals surface area contributed by atoms with Gasteiger partial charge in [-0.2, -0.15) is 0 Å². The van der Waals surface area contributed by atoms with Crippen LogP contribution in [0.1, 0.15) is 0 Å². The summed E-state index contributed by atoms with van der Waals surface area (Å²) in [6.45, 7) is 0. The summed E-state index contributed by atoms with van der Waals surface area (Å²) in [6.07, 6.45) is 0. The molecule has 7 aromatic carbocycles. The van der Waals surface area contributed by atoms with Gasteiger partial charge in [0.15, 0.2) is 5.82 Å². The summed E-state index contributed by atoms with van der Waals surface area (Å²) in [6, 6.07) is 65.3. The fourth-order valence-electron chi connectivity index (χ4n) is 7.87. The molecule has 0 bridgehead atoms. The maximum atomic E-state index is 6.72. The number of rotatable bonds is 6. The number of para-hydroxylation sites is 3. The average molecular weight is 734 g/mol. The van der Waals surface area contributed by atoms with Gasteiger partial charge in [-0.15, -0.1) is 11.3 Å². The second-order valence-corrected chi connectivity index (χ2v) is 14.9. The first-order valence-corrected chi connectivity index (χ1v) is 19.5. The predicted molar refractivity (Wildman–Crippen MR) is 233 cm³/mol. The Morgan fingerprint density at radius 1 is 0.429 bits per heavy atom. The van der Waals surface area contributed by atoms with Crippen LogP contribution >= 0.6 is 11.3 Å². The summed E-state index contributed by atoms with van der Waals surface area (Å²) in [7, 11) is 0. The molecular formula is C51H31N3OS. The molecule has 0 aliphatic carbocycles. The standard InChI is InChI=1S/C51H31N3OS/c1-4-15-32(16-5-1)42-31-43(54-51(53-42)36-19-8-3-9-20-36)33-27-29-35(30-28-33)49-46(40-24-14-23-38-37-21-11-13-26-44(37)55-48(38)40)45-39-22-10-12-25-41(39)52-47(50(45)56-49)34-17-6-2-7-18-34/h1-31H. The van der Waals surface area contributed by atoms with E-state index in [1.807, 2.05) is 42.5 Å². The number of hydrogen-bond donors (Lipinski definition) is 0. The molecular weight excluding hydrogens is 703 g/mol. The molecule has 0 unspecified atom stereocenters. The molecule has 0 saturated heterocycles. The molecule has 0 saturated carbocycles. The molecule has 0 aliphatic heterocycles. The van der Waals surface area contributed by atoms with Crippen LogP contribution in [0.3, 0.4) is 0 Å². The van der Waals surface area contributed by atoms with Gasteiger partial charge in [0.2, 0.25) is 0 Å². The van der Waals surface area contributed by atoms with Gasteiger partial charge in [0.05, 0.1) is 27.3 Å². The SMILES string of the molecule is c1ccc(-c2cc(-c3ccc(-c4sc5c(-c6ccccc6)nc6ccccc6c5c4-c4cccc5c4oc4ccccc45)cc3)nc(-c3ccccc3)n2)cc1. The second-order valence-electron chi connectivity index (χ2n) is 13.9. The first-order chi connectivity index (χ1) is 27.8. The molecule has 0 fully saturated rings. The molecule has 0 amide bonds. The van der Waals surface area contributed by atoms with E-state index in [0.717, 1.165) is 98.4 Å². The van der Waals surface area contributed by atoms with E-state index in [1.165, 1.54) is 5.39 Å². The molecule has 0 radical (unpaired) electrons. The largest absolute Gasteiger partial charge is 0.455 e. The minimum atomic E-state index is 0.699. The van der Waals surface area contributed by atoms with Crippen LogP contribution in [0.4, 0.5) is 0 Å². The number of pyridine rings is 1. The topological polar surface area (TPSA) is 51.8 Å². The summed E-state index contributed by atoms with van der Waals surface area (Å²) in [4.78, 5) is 16.6. The van der Waals surface area contributed by atoms with Crippen molar-refractivity contribution in [1.29, 1.82) is 0 Å². The van der Waals surface area contributed by atoms with Crippen molar-refractivity contribution in [2.75, 3.05) is 0 Å². The van der Waals surface area contributed by atoms with Crippen molar-refractivity contribution >= 4 is 54.3 Å². The maximum Gasteiger partial charge on any atom is 0.160 e. The zero-order chi connectivity index (χ0) is 37.0. The molecule has 262 valence electrons. The van der Waals surface area contributed by atoms with Gasteiger partial charge >= 0.3 is 0 Å². The quantitative estimate of drug-likeness (QED) is 0.171. The number of aromatic nitrogens is 3. The number of furan rings is 1. The van der Waals surface area contributed by atoms with Crippen LogP contribution in [-0.2, 0) is 0 Å². The van der Waals surface area contributed by atoms with Gasteiger partial charge in [-0.1, -0.05) is 170 Å². The second kappa shape index (κ2) is 13.3. The fraction of sp³-hybridized carbons (Fsp3) is 0. The van der Waals surface area contributed by atoms with Crippen molar-refractivity contribution in [2.24, 2.45) is 0 Å². The van der Waals surface area contributed by atoms with Gasteiger partial charge in [-0.3, -0.25) is 0 Å². The lowest BCUT2D eigenvalue weighted by Gasteiger charge is -2.11. The Labute approximate surface area is 327 Å². The lowest BCUT2D eigenvalue weighted by molar-refractivity contribution is 0.670. The lowest BCUT2D eigenvalue weighted by atomic mass is 9.94. The van der Waals surface area contributed by atoms with Crippen molar-refractivity contribution in [3.63, 3.8) is 0 Å². The van der Waals surface area contributed by atoms with Crippen molar-refractivity contribution in [1.82, 2.24) is 15.0 Å². The number of fused-ring (bicyclic) bond motifs is 6. The van der Waals surface area contributed by atoms with Crippen molar-refractivity contribution in [3.8, 4) is 66.7 Å². The highest BCUT2D eigenvalue weighted by Gasteiger charge is 2.25. The average Bonchev–Trinajstić information content (AvgIpc) is 3.87. The van der Waals surface area contributed by atoms with Gasteiger partial charge in [0.25, 0.3) is 0 Å². The molecule has 5 heteroatoms. The van der Waals surface area contributed by atoms with Gasteiger partial charge < -0.3 is 4.42 Å². The summed E-state index contributed by atoms with van der Waals surface area (Å²) in [5.74, 6) is 0.699. The number of nitrogens with zero attached hydrogens (tertiary/aromatic N) is 3. The molecule has 4 nitrogen and oxygen atoms in total. The molecule has 0 atom stereocenters. The minimum absolute atomic E-state index is 0.699. The molecule has 0 spiro atoms. The van der Waals surface area contributed by atoms with E-state index in [0.29, 0.717) is 5.82 Å². The lowest BCUT2D eigenvalue weighted by Crippen LogP contribution is -1.95. The number of thiophene rings is 1. The first kappa shape index (κ1) is 32.2. The Morgan fingerprint density at radius 2 is 1.00 bits per heavy atom. The van der Waals surface area contributed by atoms with Crippen LogP contribution in [0.2, 0.25) is 0 Å². The summed E-state index contributed by atoms with van der Waals surface area (Å²) < 4.78 is 7.87. The predicted octanol–water partition coefficient (Wildman–Crippen LogP) is 14.1. The summed E-state index contributed by atoms with van der Waals surface area (Å²) in [5.41, 5.74) is 12.9. The third-order valence-electron chi connectivity index (χ3n) is 10.5. The zero-order valence-corrected chi connectivity index (χ0v) is 30.9. The van der Waals surface area contributed by atoms with Crippen molar-refractivity contribution in [3.05, 3.63) is 188 Å². The molecule has 0 aliphatic rings. The van der Waals surface area contributed by atoms with E-state index in [4.69, 9.17) is 19.4 Å². The van der Waals surface area contributed by atoms with E-state index >= 15 is 0 Å². The van der Waals surface area contributed by atoms with E-state index < -0.39 is 0 Å². The highest BCUT2D eigenvalue weighted by atomic mass is 32.1. The molecule has 0 N–H and O–H groups in total. The highest BCUT2D eigenvalue weighted by molar-refractivity contribution is 7.23. The van der Waals surface area contributed by atoms with Gasteiger partial charge in [-0.25, -0.2) is 15.0 Å². The fourth-order valence-corrected chi connectivity index (χ4v) is 9.21. The van der Waals surface area contributed by atoms with Crippen LogP contribution in [-0.4, -0.2) is 15.0 Å². The Morgan fingerprint density at radius 3 is 1.73 bits per heavy atom. The smallest absolute Gasteiger partial charge is 0.160 e. The van der Waals surface area contributed by atoms with Crippen molar-refractivity contribution < 1.29 is 4.42 Å². The van der Waals surface area contributed by atoms with Crippen molar-refractivity contribution in [2.45, 2.75) is 0 Å². The van der Waals surface area contributed by atoms with E-state index in [2.05, 4.69) is 146 Å². The Hall–Kier alpha value is -7.21. The summed E-state index contributed by atoms with van der Waals surface area (Å²) in [5, 5.41) is 4.52. The normalized spacial score (nSPS) is 11.6. The maximum absolute atomic E-state index is 6.72. The molecule has 4 heterocycles. The molecule has 4 aromatic heterocycles. The Kier molecular flexibility index (Phi) is 7.64. The molecule has 11 aromatic rings.